The molecule has 0 radical (unpaired) electrons. The number of benzene rings is 1. The van der Waals surface area contributed by atoms with Crippen molar-refractivity contribution in [3.8, 4) is 11.5 Å². The van der Waals surface area contributed by atoms with Crippen molar-refractivity contribution >= 4 is 11.9 Å². The summed E-state index contributed by atoms with van der Waals surface area (Å²) in [6, 6.07) is 9.32. The Bertz CT molecular complexity index is 776. The maximum atomic E-state index is 13.0. The van der Waals surface area contributed by atoms with Crippen LogP contribution in [0.3, 0.4) is 0 Å². The van der Waals surface area contributed by atoms with E-state index in [1.54, 1.807) is 14.0 Å². The normalized spacial score (nSPS) is 16.4. The molecular formula is C19H22N2O4. The quantitative estimate of drug-likeness (QED) is 0.919. The van der Waals surface area contributed by atoms with Gasteiger partial charge in [0.25, 0.3) is 5.91 Å². The Morgan fingerprint density at radius 2 is 1.80 bits per heavy atom. The van der Waals surface area contributed by atoms with Crippen molar-refractivity contribution in [1.82, 2.24) is 9.88 Å². The number of hydrogen-bond acceptors (Lipinski definition) is 4. The van der Waals surface area contributed by atoms with Crippen LogP contribution in [0, 0.1) is 6.92 Å². The molecule has 0 unspecified atom stereocenters. The molecule has 2 aromatic rings. The summed E-state index contributed by atoms with van der Waals surface area (Å²) < 4.78 is 5.65. The number of hydrogen-bond donors (Lipinski definition) is 1. The lowest BCUT2D eigenvalue weighted by molar-refractivity contribution is -0.151. The van der Waals surface area contributed by atoms with Crippen molar-refractivity contribution in [1.29, 1.82) is 0 Å². The van der Waals surface area contributed by atoms with Gasteiger partial charge in [0.05, 0.1) is 0 Å². The molecule has 1 fully saturated rings. The molecule has 25 heavy (non-hydrogen) atoms. The summed E-state index contributed by atoms with van der Waals surface area (Å²) in [6.45, 7) is 1.68. The summed E-state index contributed by atoms with van der Waals surface area (Å²) in [5, 5.41) is 9.77. The molecule has 0 aliphatic heterocycles. The minimum Gasteiger partial charge on any atom is -0.479 e. The van der Waals surface area contributed by atoms with Crippen molar-refractivity contribution in [3.05, 3.63) is 41.8 Å². The van der Waals surface area contributed by atoms with Crippen molar-refractivity contribution in [3.63, 3.8) is 0 Å². The number of carboxylic acid groups (broad SMARTS) is 1. The SMILES string of the molecule is Cc1oc(-c2ccccc2)nc1C(=O)N(C)C1(C(=O)O)CCCCC1. The average molecular weight is 342 g/mol. The Balaban J connectivity index is 1.92. The van der Waals surface area contributed by atoms with Gasteiger partial charge in [-0.15, -0.1) is 0 Å². The van der Waals surface area contributed by atoms with Gasteiger partial charge in [0, 0.05) is 12.6 Å². The summed E-state index contributed by atoms with van der Waals surface area (Å²) in [5.74, 6) is -0.602. The number of aromatic nitrogens is 1. The highest BCUT2D eigenvalue weighted by Gasteiger charge is 2.46. The molecule has 6 nitrogen and oxygen atoms in total. The number of carboxylic acids is 1. The Kier molecular flexibility index (Phi) is 4.61. The van der Waals surface area contributed by atoms with Crippen LogP contribution in [-0.2, 0) is 4.79 Å². The Hall–Kier alpha value is -2.63. The van der Waals surface area contributed by atoms with E-state index in [0.29, 0.717) is 24.5 Å². The fraction of sp³-hybridized carbons (Fsp3) is 0.421. The van der Waals surface area contributed by atoms with E-state index in [1.807, 2.05) is 30.3 Å². The van der Waals surface area contributed by atoms with E-state index in [0.717, 1.165) is 24.8 Å². The molecule has 1 aromatic heterocycles. The smallest absolute Gasteiger partial charge is 0.329 e. The highest BCUT2D eigenvalue weighted by atomic mass is 16.4. The predicted molar refractivity (Wildman–Crippen MR) is 92.2 cm³/mol. The average Bonchev–Trinajstić information content (AvgIpc) is 3.03. The first-order valence-electron chi connectivity index (χ1n) is 8.50. The zero-order valence-electron chi connectivity index (χ0n) is 14.5. The summed E-state index contributed by atoms with van der Waals surface area (Å²) in [6.07, 6.45) is 3.53. The summed E-state index contributed by atoms with van der Waals surface area (Å²) in [7, 11) is 1.55. The largest absolute Gasteiger partial charge is 0.479 e. The van der Waals surface area contributed by atoms with Gasteiger partial charge in [-0.3, -0.25) is 4.79 Å². The first-order valence-corrected chi connectivity index (χ1v) is 8.50. The van der Waals surface area contributed by atoms with Crippen LogP contribution in [0.2, 0.25) is 0 Å². The lowest BCUT2D eigenvalue weighted by Crippen LogP contribution is -2.56. The first-order chi connectivity index (χ1) is 12.0. The number of carbonyl (C=O) groups excluding carboxylic acids is 1. The summed E-state index contributed by atoms with van der Waals surface area (Å²) in [5.41, 5.74) is -0.210. The van der Waals surface area contributed by atoms with Crippen LogP contribution in [0.15, 0.2) is 34.7 Å². The molecule has 1 saturated carbocycles. The van der Waals surface area contributed by atoms with E-state index in [2.05, 4.69) is 4.98 Å². The van der Waals surface area contributed by atoms with Gasteiger partial charge in [-0.2, -0.15) is 0 Å². The third kappa shape index (κ3) is 3.04. The highest BCUT2D eigenvalue weighted by molar-refractivity contribution is 5.97. The topological polar surface area (TPSA) is 83.6 Å². The fourth-order valence-corrected chi connectivity index (χ4v) is 3.48. The molecule has 1 heterocycles. The molecule has 1 amide bonds. The molecule has 132 valence electrons. The molecule has 0 bridgehead atoms. The summed E-state index contributed by atoms with van der Waals surface area (Å²) in [4.78, 5) is 30.6. The second kappa shape index (κ2) is 6.70. The van der Waals surface area contributed by atoms with E-state index in [1.165, 1.54) is 4.90 Å². The van der Waals surface area contributed by atoms with Crippen LogP contribution < -0.4 is 0 Å². The number of nitrogens with zero attached hydrogens (tertiary/aromatic N) is 2. The molecule has 1 aromatic carbocycles. The number of rotatable bonds is 4. The highest BCUT2D eigenvalue weighted by Crippen LogP contribution is 2.34. The molecule has 3 rings (SSSR count). The van der Waals surface area contributed by atoms with Gasteiger partial charge in [-0.1, -0.05) is 37.5 Å². The monoisotopic (exact) mass is 342 g/mol. The van der Waals surface area contributed by atoms with Gasteiger partial charge in [0.1, 0.15) is 11.3 Å². The van der Waals surface area contributed by atoms with Crippen LogP contribution >= 0.6 is 0 Å². The first kappa shape index (κ1) is 17.2. The Morgan fingerprint density at radius 1 is 1.16 bits per heavy atom. The maximum Gasteiger partial charge on any atom is 0.329 e. The number of aliphatic carboxylic acids is 1. The van der Waals surface area contributed by atoms with Crippen molar-refractivity contribution in [2.45, 2.75) is 44.6 Å². The zero-order valence-corrected chi connectivity index (χ0v) is 14.5. The number of oxazole rings is 1. The van der Waals surface area contributed by atoms with E-state index in [4.69, 9.17) is 4.42 Å². The predicted octanol–water partition coefficient (Wildman–Crippen LogP) is 3.51. The second-order valence-electron chi connectivity index (χ2n) is 6.55. The van der Waals surface area contributed by atoms with Gasteiger partial charge in [-0.05, 0) is 31.9 Å². The van der Waals surface area contributed by atoms with Crippen molar-refractivity contribution in [2.24, 2.45) is 0 Å². The molecule has 1 aliphatic carbocycles. The number of carbonyl (C=O) groups is 2. The lowest BCUT2D eigenvalue weighted by Gasteiger charge is -2.40. The van der Waals surface area contributed by atoms with E-state index < -0.39 is 17.4 Å². The standard InChI is InChI=1S/C19H22N2O4/c1-13-15(20-16(25-13)14-9-5-3-6-10-14)17(22)21(2)19(18(23)24)11-7-4-8-12-19/h3,5-6,9-10H,4,7-8,11-12H2,1-2H3,(H,23,24). The molecule has 0 atom stereocenters. The maximum absolute atomic E-state index is 13.0. The third-order valence-corrected chi connectivity index (χ3v) is 5.05. The fourth-order valence-electron chi connectivity index (χ4n) is 3.48. The van der Waals surface area contributed by atoms with Gasteiger partial charge < -0.3 is 14.4 Å². The molecule has 1 N–H and O–H groups in total. The second-order valence-corrected chi connectivity index (χ2v) is 6.55. The van der Waals surface area contributed by atoms with Gasteiger partial charge >= 0.3 is 5.97 Å². The minimum atomic E-state index is -1.16. The van der Waals surface area contributed by atoms with Crippen LogP contribution in [0.5, 0.6) is 0 Å². The summed E-state index contributed by atoms with van der Waals surface area (Å²) >= 11 is 0. The van der Waals surface area contributed by atoms with E-state index >= 15 is 0 Å². The van der Waals surface area contributed by atoms with E-state index in [-0.39, 0.29) is 5.69 Å². The van der Waals surface area contributed by atoms with Crippen molar-refractivity contribution in [2.75, 3.05) is 7.05 Å². The Labute approximate surface area is 146 Å². The Morgan fingerprint density at radius 3 is 2.40 bits per heavy atom. The van der Waals surface area contributed by atoms with Crippen LogP contribution in [0.1, 0.15) is 48.4 Å². The van der Waals surface area contributed by atoms with E-state index in [9.17, 15) is 14.7 Å². The third-order valence-electron chi connectivity index (χ3n) is 5.05. The van der Waals surface area contributed by atoms with Crippen molar-refractivity contribution < 1.29 is 19.1 Å². The number of amides is 1. The molecular weight excluding hydrogens is 320 g/mol. The number of aryl methyl sites for hydroxylation is 1. The van der Waals surface area contributed by atoms with Crippen LogP contribution in [0.25, 0.3) is 11.5 Å². The zero-order chi connectivity index (χ0) is 18.0. The minimum absolute atomic E-state index is 0.174. The van der Waals surface area contributed by atoms with Gasteiger partial charge in [0.15, 0.2) is 5.69 Å². The molecule has 0 saturated heterocycles. The molecule has 1 aliphatic rings. The molecule has 6 heteroatoms. The number of likely N-dealkylation sites (N-methyl/N-ethyl adjacent to an activating group) is 1. The molecule has 0 spiro atoms. The van der Waals surface area contributed by atoms with Crippen LogP contribution in [0.4, 0.5) is 0 Å². The van der Waals surface area contributed by atoms with Crippen LogP contribution in [-0.4, -0.2) is 39.5 Å². The van der Waals surface area contributed by atoms with Gasteiger partial charge in [0.2, 0.25) is 5.89 Å². The lowest BCUT2D eigenvalue weighted by atomic mass is 9.80. The van der Waals surface area contributed by atoms with Gasteiger partial charge in [-0.25, -0.2) is 9.78 Å².